The van der Waals surface area contributed by atoms with E-state index in [2.05, 4.69) is 10.6 Å². The molecule has 0 unspecified atom stereocenters. The van der Waals surface area contributed by atoms with Gasteiger partial charge in [0.05, 0.1) is 31.6 Å². The highest BCUT2D eigenvalue weighted by Crippen LogP contribution is 2.45. The van der Waals surface area contributed by atoms with Crippen molar-refractivity contribution < 1.29 is 24.2 Å². The Hall–Kier alpha value is -3.65. The molecule has 0 saturated carbocycles. The van der Waals surface area contributed by atoms with Crippen LogP contribution in [0.25, 0.3) is 0 Å². The number of carbonyl (C=O) groups excluding carboxylic acids is 3. The van der Waals surface area contributed by atoms with Gasteiger partial charge in [0, 0.05) is 18.7 Å². The minimum Gasteiger partial charge on any atom is -0.497 e. The van der Waals surface area contributed by atoms with E-state index >= 15 is 0 Å². The lowest BCUT2D eigenvalue weighted by Gasteiger charge is -2.33. The van der Waals surface area contributed by atoms with E-state index in [-0.39, 0.29) is 30.2 Å². The van der Waals surface area contributed by atoms with Crippen LogP contribution in [0.4, 0.5) is 5.69 Å². The molecular formula is C28H33N3O5. The average Bonchev–Trinajstić information content (AvgIpc) is 3.20. The minimum absolute atomic E-state index is 0.165. The van der Waals surface area contributed by atoms with E-state index < -0.39 is 29.8 Å². The number of rotatable bonds is 8. The molecule has 2 aromatic rings. The number of hydrogen-bond donors (Lipinski definition) is 3. The SMILES string of the molecule is CNC(=O)[C@H]1[C@H]2C(=O)N([C@@H](CO)Cc3ccccc3)[C@H](C(=O)Nc3ccc(OC)cc3)[C@H]2C=C[C@H]1C. The van der Waals surface area contributed by atoms with E-state index in [1.165, 1.54) is 4.90 Å². The van der Waals surface area contributed by atoms with Crippen LogP contribution in [0.1, 0.15) is 12.5 Å². The van der Waals surface area contributed by atoms with Crippen molar-refractivity contribution in [3.8, 4) is 5.75 Å². The van der Waals surface area contributed by atoms with Gasteiger partial charge in [0.25, 0.3) is 0 Å². The maximum absolute atomic E-state index is 14.0. The van der Waals surface area contributed by atoms with E-state index in [0.29, 0.717) is 17.9 Å². The van der Waals surface area contributed by atoms with E-state index in [9.17, 15) is 19.5 Å². The monoisotopic (exact) mass is 491 g/mol. The fourth-order valence-corrected chi connectivity index (χ4v) is 5.53. The number of fused-ring (bicyclic) bond motifs is 1. The third kappa shape index (κ3) is 4.86. The van der Waals surface area contributed by atoms with Crippen molar-refractivity contribution >= 4 is 23.4 Å². The summed E-state index contributed by atoms with van der Waals surface area (Å²) >= 11 is 0. The normalized spacial score (nSPS) is 25.7. The number of ether oxygens (including phenoxy) is 1. The Labute approximate surface area is 211 Å². The second kappa shape index (κ2) is 11.0. The number of amides is 3. The first-order valence-corrected chi connectivity index (χ1v) is 12.2. The first-order valence-electron chi connectivity index (χ1n) is 12.2. The fourth-order valence-electron chi connectivity index (χ4n) is 5.53. The second-order valence-corrected chi connectivity index (χ2v) is 9.42. The molecule has 2 aliphatic rings. The number of aliphatic hydroxyl groups is 1. The topological polar surface area (TPSA) is 108 Å². The summed E-state index contributed by atoms with van der Waals surface area (Å²) in [4.78, 5) is 42.1. The Balaban J connectivity index is 1.71. The van der Waals surface area contributed by atoms with Crippen LogP contribution in [-0.4, -0.2) is 60.6 Å². The van der Waals surface area contributed by atoms with Gasteiger partial charge in [-0.1, -0.05) is 49.4 Å². The van der Waals surface area contributed by atoms with Gasteiger partial charge in [0.2, 0.25) is 17.7 Å². The molecule has 3 amide bonds. The zero-order valence-corrected chi connectivity index (χ0v) is 20.8. The number of carbonyl (C=O) groups is 3. The van der Waals surface area contributed by atoms with Gasteiger partial charge >= 0.3 is 0 Å². The van der Waals surface area contributed by atoms with Gasteiger partial charge in [0.15, 0.2) is 0 Å². The largest absolute Gasteiger partial charge is 0.497 e. The lowest BCUT2D eigenvalue weighted by atomic mass is 9.70. The lowest BCUT2D eigenvalue weighted by Crippen LogP contribution is -2.51. The van der Waals surface area contributed by atoms with Crippen LogP contribution in [0.15, 0.2) is 66.7 Å². The van der Waals surface area contributed by atoms with Gasteiger partial charge in [-0.05, 0) is 42.2 Å². The predicted molar refractivity (Wildman–Crippen MR) is 136 cm³/mol. The molecule has 0 aromatic heterocycles. The van der Waals surface area contributed by atoms with Crippen molar-refractivity contribution in [1.82, 2.24) is 10.2 Å². The molecule has 2 aromatic carbocycles. The van der Waals surface area contributed by atoms with Gasteiger partial charge in [0.1, 0.15) is 11.8 Å². The van der Waals surface area contributed by atoms with E-state index in [4.69, 9.17) is 4.74 Å². The van der Waals surface area contributed by atoms with Crippen LogP contribution in [0, 0.1) is 23.7 Å². The number of aliphatic hydroxyl groups excluding tert-OH is 1. The van der Waals surface area contributed by atoms with Crippen LogP contribution >= 0.6 is 0 Å². The molecule has 0 radical (unpaired) electrons. The maximum atomic E-state index is 14.0. The summed E-state index contributed by atoms with van der Waals surface area (Å²) in [6, 6.07) is 15.0. The third-order valence-corrected chi connectivity index (χ3v) is 7.30. The summed E-state index contributed by atoms with van der Waals surface area (Å²) < 4.78 is 5.19. The molecule has 8 heteroatoms. The fraction of sp³-hybridized carbons (Fsp3) is 0.393. The Morgan fingerprint density at radius 2 is 1.75 bits per heavy atom. The van der Waals surface area contributed by atoms with E-state index in [1.807, 2.05) is 49.4 Å². The first kappa shape index (κ1) is 25.4. The molecule has 1 heterocycles. The number of allylic oxidation sites excluding steroid dienone is 1. The van der Waals surface area contributed by atoms with Crippen LogP contribution in [0.5, 0.6) is 5.75 Å². The molecule has 1 fully saturated rings. The van der Waals surface area contributed by atoms with E-state index in [1.54, 1.807) is 38.4 Å². The highest BCUT2D eigenvalue weighted by Gasteiger charge is 2.58. The molecule has 0 bridgehead atoms. The number of methoxy groups -OCH3 is 1. The molecule has 190 valence electrons. The number of nitrogens with one attached hydrogen (secondary N) is 2. The van der Waals surface area contributed by atoms with Gasteiger partial charge in [-0.25, -0.2) is 0 Å². The zero-order valence-electron chi connectivity index (χ0n) is 20.8. The van der Waals surface area contributed by atoms with Crippen LogP contribution < -0.4 is 15.4 Å². The van der Waals surface area contributed by atoms with Gasteiger partial charge in [-0.3, -0.25) is 14.4 Å². The standard InChI is InChI=1S/C28H33N3O5/c1-17-9-14-22-24(23(17)26(33)29-2)28(35)31(20(16-32)15-18-7-5-4-6-8-18)25(22)27(34)30-19-10-12-21(36-3)13-11-19/h4-14,17,20,22-25,32H,15-16H2,1-3H3,(H,29,33)(H,30,34)/t17-,20-,22+,23-,24+,25+/m1/s1. The lowest BCUT2D eigenvalue weighted by molar-refractivity contribution is -0.142. The molecule has 1 aliphatic heterocycles. The second-order valence-electron chi connectivity index (χ2n) is 9.42. The Morgan fingerprint density at radius 1 is 1.06 bits per heavy atom. The summed E-state index contributed by atoms with van der Waals surface area (Å²) in [5.41, 5.74) is 1.51. The predicted octanol–water partition coefficient (Wildman–Crippen LogP) is 2.25. The molecule has 1 saturated heterocycles. The molecule has 8 nitrogen and oxygen atoms in total. The van der Waals surface area contributed by atoms with Gasteiger partial charge < -0.3 is 25.4 Å². The number of hydrogen-bond acceptors (Lipinski definition) is 5. The Kier molecular flexibility index (Phi) is 7.74. The van der Waals surface area contributed by atoms with Crippen molar-refractivity contribution in [2.75, 3.05) is 26.1 Å². The third-order valence-electron chi connectivity index (χ3n) is 7.30. The Bertz CT molecular complexity index is 1120. The number of anilines is 1. The van der Waals surface area contributed by atoms with Crippen molar-refractivity contribution in [1.29, 1.82) is 0 Å². The Morgan fingerprint density at radius 3 is 2.36 bits per heavy atom. The molecule has 36 heavy (non-hydrogen) atoms. The summed E-state index contributed by atoms with van der Waals surface area (Å²) in [6.07, 6.45) is 4.19. The van der Waals surface area contributed by atoms with Crippen molar-refractivity contribution in [2.45, 2.75) is 25.4 Å². The van der Waals surface area contributed by atoms with Crippen molar-refractivity contribution in [3.05, 3.63) is 72.3 Å². The smallest absolute Gasteiger partial charge is 0.247 e. The maximum Gasteiger partial charge on any atom is 0.247 e. The molecule has 6 atom stereocenters. The molecular weight excluding hydrogens is 458 g/mol. The summed E-state index contributed by atoms with van der Waals surface area (Å²) in [5.74, 6) is -2.17. The average molecular weight is 492 g/mol. The minimum atomic E-state index is -0.874. The quantitative estimate of drug-likeness (QED) is 0.491. The number of nitrogens with zero attached hydrogens (tertiary/aromatic N) is 1. The molecule has 3 N–H and O–H groups in total. The van der Waals surface area contributed by atoms with Crippen LogP contribution in [0.3, 0.4) is 0 Å². The van der Waals surface area contributed by atoms with E-state index in [0.717, 1.165) is 5.56 Å². The summed E-state index contributed by atoms with van der Waals surface area (Å²) in [5, 5.41) is 16.0. The highest BCUT2D eigenvalue weighted by atomic mass is 16.5. The van der Waals surface area contributed by atoms with Crippen LogP contribution in [-0.2, 0) is 20.8 Å². The first-order chi connectivity index (χ1) is 17.4. The van der Waals surface area contributed by atoms with Gasteiger partial charge in [-0.15, -0.1) is 0 Å². The summed E-state index contributed by atoms with van der Waals surface area (Å²) in [6.45, 7) is 1.60. The van der Waals surface area contributed by atoms with Crippen LogP contribution in [0.2, 0.25) is 0 Å². The van der Waals surface area contributed by atoms with Gasteiger partial charge in [-0.2, -0.15) is 0 Å². The number of likely N-dealkylation sites (tertiary alicyclic amines) is 1. The highest BCUT2D eigenvalue weighted by molar-refractivity contribution is 6.02. The molecule has 4 rings (SSSR count). The summed E-state index contributed by atoms with van der Waals surface area (Å²) in [7, 11) is 3.12. The van der Waals surface area contributed by atoms with Crippen molar-refractivity contribution in [3.63, 3.8) is 0 Å². The number of benzene rings is 2. The molecule has 1 aliphatic carbocycles. The van der Waals surface area contributed by atoms with Crippen molar-refractivity contribution in [2.24, 2.45) is 23.7 Å². The zero-order chi connectivity index (χ0) is 25.8. The molecule has 0 spiro atoms.